The second-order valence-electron chi connectivity index (χ2n) is 4.62. The monoisotopic (exact) mass is 339 g/mol. The van der Waals surface area contributed by atoms with Gasteiger partial charge in [0.2, 0.25) is 5.91 Å². The van der Waals surface area contributed by atoms with Gasteiger partial charge in [-0.05, 0) is 48.9 Å². The van der Waals surface area contributed by atoms with Crippen LogP contribution in [0.25, 0.3) is 0 Å². The summed E-state index contributed by atoms with van der Waals surface area (Å²) in [7, 11) is 0. The molecule has 0 aromatic heterocycles. The van der Waals surface area contributed by atoms with Gasteiger partial charge in [-0.25, -0.2) is 0 Å². The standard InChI is InChI=1S/C16H15Cl2NO3/c17-11-3-6-13(7-4-11)22-9-1-2-16(21)19-14-10-12(18)5-8-15(14)20/h3-8,10,20H,1-2,9H2,(H,19,21). The van der Waals surface area contributed by atoms with E-state index in [2.05, 4.69) is 5.32 Å². The van der Waals surface area contributed by atoms with Crippen LogP contribution in [-0.4, -0.2) is 17.6 Å². The topological polar surface area (TPSA) is 58.6 Å². The van der Waals surface area contributed by atoms with Crippen molar-refractivity contribution >= 4 is 34.8 Å². The Labute approximate surface area is 138 Å². The van der Waals surface area contributed by atoms with Crippen molar-refractivity contribution in [3.8, 4) is 11.5 Å². The first-order valence-corrected chi connectivity index (χ1v) is 7.47. The van der Waals surface area contributed by atoms with E-state index in [1.165, 1.54) is 12.1 Å². The van der Waals surface area contributed by atoms with E-state index in [9.17, 15) is 9.90 Å². The quantitative estimate of drug-likeness (QED) is 0.601. The van der Waals surface area contributed by atoms with Gasteiger partial charge in [-0.2, -0.15) is 0 Å². The van der Waals surface area contributed by atoms with E-state index >= 15 is 0 Å². The highest BCUT2D eigenvalue weighted by molar-refractivity contribution is 6.31. The summed E-state index contributed by atoms with van der Waals surface area (Å²) in [5.41, 5.74) is 0.302. The first kappa shape index (κ1) is 16.5. The molecule has 2 N–H and O–H groups in total. The molecule has 116 valence electrons. The van der Waals surface area contributed by atoms with Crippen molar-refractivity contribution in [2.75, 3.05) is 11.9 Å². The number of phenols is 1. The second kappa shape index (κ2) is 7.92. The molecule has 0 bridgehead atoms. The third-order valence-electron chi connectivity index (χ3n) is 2.86. The minimum atomic E-state index is -0.211. The molecule has 1 amide bonds. The largest absolute Gasteiger partial charge is 0.506 e. The molecule has 0 spiro atoms. The molecule has 0 aliphatic carbocycles. The number of halogens is 2. The summed E-state index contributed by atoms with van der Waals surface area (Å²) < 4.78 is 5.50. The van der Waals surface area contributed by atoms with Gasteiger partial charge in [-0.1, -0.05) is 23.2 Å². The zero-order valence-electron chi connectivity index (χ0n) is 11.7. The molecular formula is C16H15Cl2NO3. The van der Waals surface area contributed by atoms with Gasteiger partial charge >= 0.3 is 0 Å². The predicted octanol–water partition coefficient (Wildman–Crippen LogP) is 4.50. The number of aromatic hydroxyl groups is 1. The summed E-state index contributed by atoms with van der Waals surface area (Å²) in [4.78, 5) is 11.8. The molecule has 0 aliphatic rings. The van der Waals surface area contributed by atoms with Crippen molar-refractivity contribution in [3.63, 3.8) is 0 Å². The fourth-order valence-corrected chi connectivity index (χ4v) is 2.07. The molecule has 2 aromatic rings. The first-order chi connectivity index (χ1) is 10.5. The molecule has 0 radical (unpaired) electrons. The highest BCUT2D eigenvalue weighted by Gasteiger charge is 2.07. The van der Waals surface area contributed by atoms with Gasteiger partial charge in [0.25, 0.3) is 0 Å². The molecule has 0 saturated carbocycles. The molecule has 0 aliphatic heterocycles. The van der Waals surface area contributed by atoms with Gasteiger partial charge in [-0.15, -0.1) is 0 Å². The van der Waals surface area contributed by atoms with Gasteiger partial charge in [0.15, 0.2) is 0 Å². The molecule has 6 heteroatoms. The lowest BCUT2D eigenvalue weighted by Crippen LogP contribution is -2.13. The number of hydrogen-bond donors (Lipinski definition) is 2. The molecule has 0 heterocycles. The fourth-order valence-electron chi connectivity index (χ4n) is 1.77. The lowest BCUT2D eigenvalue weighted by Gasteiger charge is -2.08. The zero-order valence-corrected chi connectivity index (χ0v) is 13.2. The second-order valence-corrected chi connectivity index (χ2v) is 5.49. The number of anilines is 1. The number of carbonyl (C=O) groups excluding carboxylic acids is 1. The average molecular weight is 340 g/mol. The van der Waals surface area contributed by atoms with Gasteiger partial charge < -0.3 is 15.2 Å². The number of ether oxygens (including phenoxy) is 1. The van der Waals surface area contributed by atoms with Crippen LogP contribution in [0.2, 0.25) is 10.0 Å². The van der Waals surface area contributed by atoms with Crippen LogP contribution >= 0.6 is 23.2 Å². The van der Waals surface area contributed by atoms with Crippen molar-refractivity contribution in [3.05, 3.63) is 52.5 Å². The average Bonchev–Trinajstić information content (AvgIpc) is 2.49. The van der Waals surface area contributed by atoms with Crippen LogP contribution in [0.5, 0.6) is 11.5 Å². The van der Waals surface area contributed by atoms with Crippen molar-refractivity contribution in [2.45, 2.75) is 12.8 Å². The third kappa shape index (κ3) is 5.13. The molecule has 4 nitrogen and oxygen atoms in total. The van der Waals surface area contributed by atoms with Crippen molar-refractivity contribution < 1.29 is 14.6 Å². The van der Waals surface area contributed by atoms with Crippen LogP contribution in [0.3, 0.4) is 0 Å². The Hall–Kier alpha value is -1.91. The smallest absolute Gasteiger partial charge is 0.224 e. The SMILES string of the molecule is O=C(CCCOc1ccc(Cl)cc1)Nc1cc(Cl)ccc1O. The molecule has 0 unspecified atom stereocenters. The molecule has 2 rings (SSSR count). The maximum absolute atomic E-state index is 11.8. The summed E-state index contributed by atoms with van der Waals surface area (Å²) in [5, 5.41) is 13.3. The van der Waals surface area contributed by atoms with Crippen molar-refractivity contribution in [1.29, 1.82) is 0 Å². The van der Waals surface area contributed by atoms with E-state index in [1.807, 2.05) is 0 Å². The summed E-state index contributed by atoms with van der Waals surface area (Å²) in [6.45, 7) is 0.413. The highest BCUT2D eigenvalue weighted by atomic mass is 35.5. The van der Waals surface area contributed by atoms with E-state index in [4.69, 9.17) is 27.9 Å². The predicted molar refractivity (Wildman–Crippen MR) is 87.9 cm³/mol. The number of carbonyl (C=O) groups is 1. The first-order valence-electron chi connectivity index (χ1n) is 6.71. The van der Waals surface area contributed by atoms with E-state index < -0.39 is 0 Å². The Bertz CT molecular complexity index is 644. The molecule has 0 fully saturated rings. The molecule has 0 atom stereocenters. The van der Waals surface area contributed by atoms with Crippen LogP contribution < -0.4 is 10.1 Å². The van der Waals surface area contributed by atoms with Crippen LogP contribution in [0.4, 0.5) is 5.69 Å². The zero-order chi connectivity index (χ0) is 15.9. The normalized spacial score (nSPS) is 10.3. The molecule has 2 aromatic carbocycles. The molecule has 22 heavy (non-hydrogen) atoms. The van der Waals surface area contributed by atoms with E-state index in [1.54, 1.807) is 30.3 Å². The lowest BCUT2D eigenvalue weighted by molar-refractivity contribution is -0.116. The molecule has 0 saturated heterocycles. The fraction of sp³-hybridized carbons (Fsp3) is 0.188. The maximum Gasteiger partial charge on any atom is 0.224 e. The highest BCUT2D eigenvalue weighted by Crippen LogP contribution is 2.26. The van der Waals surface area contributed by atoms with E-state index in [-0.39, 0.29) is 18.1 Å². The summed E-state index contributed by atoms with van der Waals surface area (Å²) >= 11 is 11.6. The van der Waals surface area contributed by atoms with Crippen LogP contribution in [0.1, 0.15) is 12.8 Å². The van der Waals surface area contributed by atoms with E-state index in [0.717, 1.165) is 0 Å². The minimum Gasteiger partial charge on any atom is -0.506 e. The van der Waals surface area contributed by atoms with Crippen molar-refractivity contribution in [1.82, 2.24) is 0 Å². The number of rotatable bonds is 6. The van der Waals surface area contributed by atoms with E-state index in [0.29, 0.717) is 34.5 Å². The Balaban J connectivity index is 1.74. The number of phenolic OH excluding ortho intramolecular Hbond substituents is 1. The summed E-state index contributed by atoms with van der Waals surface area (Å²) in [6.07, 6.45) is 0.829. The lowest BCUT2D eigenvalue weighted by atomic mass is 10.2. The third-order valence-corrected chi connectivity index (χ3v) is 3.35. The minimum absolute atomic E-state index is 0.0184. The summed E-state index contributed by atoms with van der Waals surface area (Å²) in [6, 6.07) is 11.5. The van der Waals surface area contributed by atoms with Gasteiger partial charge in [-0.3, -0.25) is 4.79 Å². The number of nitrogens with one attached hydrogen (secondary N) is 1. The van der Waals surface area contributed by atoms with Gasteiger partial charge in [0.05, 0.1) is 12.3 Å². The van der Waals surface area contributed by atoms with Gasteiger partial charge in [0.1, 0.15) is 11.5 Å². The number of hydrogen-bond acceptors (Lipinski definition) is 3. The van der Waals surface area contributed by atoms with Crippen LogP contribution in [-0.2, 0) is 4.79 Å². The molecular weight excluding hydrogens is 325 g/mol. The Morgan fingerprint density at radius 3 is 2.50 bits per heavy atom. The van der Waals surface area contributed by atoms with Crippen LogP contribution in [0, 0.1) is 0 Å². The Morgan fingerprint density at radius 2 is 1.77 bits per heavy atom. The Kier molecular flexibility index (Phi) is 5.92. The summed E-state index contributed by atoms with van der Waals surface area (Å²) in [5.74, 6) is 0.477. The van der Waals surface area contributed by atoms with Crippen LogP contribution in [0.15, 0.2) is 42.5 Å². The number of amides is 1. The number of benzene rings is 2. The Morgan fingerprint density at radius 1 is 1.09 bits per heavy atom. The van der Waals surface area contributed by atoms with Crippen molar-refractivity contribution in [2.24, 2.45) is 0 Å². The maximum atomic E-state index is 11.8. The van der Waals surface area contributed by atoms with Gasteiger partial charge in [0, 0.05) is 16.5 Å².